The minimum Gasteiger partial charge on any atom is -0.462 e. The minimum absolute atomic E-state index is 0.220. The number of amides is 1. The zero-order chi connectivity index (χ0) is 21.8. The fraction of sp³-hybridized carbons (Fsp3) is 0.350. The zero-order valence-electron chi connectivity index (χ0n) is 17.0. The Hall–Kier alpha value is -3.73. The average Bonchev–Trinajstić information content (AvgIpc) is 3.10. The van der Waals surface area contributed by atoms with Crippen molar-refractivity contribution in [1.29, 1.82) is 0 Å². The van der Waals surface area contributed by atoms with E-state index in [0.717, 1.165) is 4.68 Å². The Morgan fingerprint density at radius 3 is 2.77 bits per heavy atom. The number of carbonyl (C=O) groups is 2. The van der Waals surface area contributed by atoms with Gasteiger partial charge in [0.25, 0.3) is 0 Å². The normalized spacial score (nSPS) is 13.9. The van der Waals surface area contributed by atoms with Crippen LogP contribution in [0.15, 0.2) is 41.5 Å². The summed E-state index contributed by atoms with van der Waals surface area (Å²) in [6, 6.07) is 6.52. The maximum atomic E-state index is 12.8. The molecule has 1 aromatic carbocycles. The van der Waals surface area contributed by atoms with E-state index in [1.165, 1.54) is 16.8 Å². The Morgan fingerprint density at radius 2 is 2.00 bits per heavy atom. The number of para-hydroxylation sites is 1. The predicted molar refractivity (Wildman–Crippen MR) is 111 cm³/mol. The number of aromatic nitrogens is 4. The highest BCUT2D eigenvalue weighted by molar-refractivity contribution is 6.01. The highest BCUT2D eigenvalue weighted by atomic mass is 16.5. The molecule has 0 bridgehead atoms. The van der Waals surface area contributed by atoms with E-state index in [-0.39, 0.29) is 18.7 Å². The standard InChI is InChI=1S/C20H22N6O5/c1-2-31-19(28)14-5-3-4-6-15(14)22-16(27)13-26-20(29)25-8-7-21-17(18(25)23-26)24-9-11-30-12-10-24/h3-8H,2,9-13H2,1H3,(H,22,27). The van der Waals surface area contributed by atoms with Crippen LogP contribution >= 0.6 is 0 Å². The lowest BCUT2D eigenvalue weighted by Crippen LogP contribution is -2.37. The molecular weight excluding hydrogens is 404 g/mol. The number of anilines is 2. The second-order valence-electron chi connectivity index (χ2n) is 6.80. The number of nitrogens with one attached hydrogen (secondary N) is 1. The lowest BCUT2D eigenvalue weighted by atomic mass is 10.2. The van der Waals surface area contributed by atoms with E-state index in [0.29, 0.717) is 43.5 Å². The molecule has 4 rings (SSSR count). The van der Waals surface area contributed by atoms with E-state index in [1.54, 1.807) is 31.2 Å². The summed E-state index contributed by atoms with van der Waals surface area (Å²) in [4.78, 5) is 43.8. The van der Waals surface area contributed by atoms with Crippen LogP contribution in [0, 0.1) is 0 Å². The number of hydrogen-bond donors (Lipinski definition) is 1. The molecule has 11 heteroatoms. The van der Waals surface area contributed by atoms with E-state index in [9.17, 15) is 14.4 Å². The molecule has 11 nitrogen and oxygen atoms in total. The van der Waals surface area contributed by atoms with E-state index in [2.05, 4.69) is 15.4 Å². The number of esters is 1. The van der Waals surface area contributed by atoms with Gasteiger partial charge in [0.05, 0.1) is 31.1 Å². The summed E-state index contributed by atoms with van der Waals surface area (Å²) in [7, 11) is 0. The van der Waals surface area contributed by atoms with Crippen LogP contribution < -0.4 is 15.9 Å². The van der Waals surface area contributed by atoms with E-state index in [1.807, 2.05) is 4.90 Å². The number of hydrogen-bond acceptors (Lipinski definition) is 8. The third-order valence-corrected chi connectivity index (χ3v) is 4.78. The lowest BCUT2D eigenvalue weighted by Gasteiger charge is -2.27. The highest BCUT2D eigenvalue weighted by Crippen LogP contribution is 2.18. The van der Waals surface area contributed by atoms with Gasteiger partial charge in [-0.05, 0) is 19.1 Å². The Bertz CT molecular complexity index is 1160. The second-order valence-corrected chi connectivity index (χ2v) is 6.80. The Morgan fingerprint density at radius 1 is 1.23 bits per heavy atom. The van der Waals surface area contributed by atoms with Crippen molar-refractivity contribution in [2.45, 2.75) is 13.5 Å². The van der Waals surface area contributed by atoms with Crippen LogP contribution in [0.5, 0.6) is 0 Å². The molecule has 0 spiro atoms. The number of nitrogens with zero attached hydrogens (tertiary/aromatic N) is 5. The fourth-order valence-corrected chi connectivity index (χ4v) is 3.34. The summed E-state index contributed by atoms with van der Waals surface area (Å²) in [5.74, 6) is -0.470. The number of carbonyl (C=O) groups excluding carboxylic acids is 2. The van der Waals surface area contributed by atoms with Gasteiger partial charge < -0.3 is 19.7 Å². The smallest absolute Gasteiger partial charge is 0.350 e. The predicted octanol–water partition coefficient (Wildman–Crippen LogP) is 0.543. The highest BCUT2D eigenvalue weighted by Gasteiger charge is 2.20. The van der Waals surface area contributed by atoms with Crippen LogP contribution in [0.3, 0.4) is 0 Å². The topological polar surface area (TPSA) is 120 Å². The first-order chi connectivity index (χ1) is 15.1. The lowest BCUT2D eigenvalue weighted by molar-refractivity contribution is -0.117. The summed E-state index contributed by atoms with van der Waals surface area (Å²) in [6.07, 6.45) is 3.04. The van der Waals surface area contributed by atoms with Crippen LogP contribution in [0.1, 0.15) is 17.3 Å². The van der Waals surface area contributed by atoms with E-state index < -0.39 is 17.6 Å². The van der Waals surface area contributed by atoms with Crippen LogP contribution in [-0.4, -0.2) is 64.0 Å². The monoisotopic (exact) mass is 426 g/mol. The van der Waals surface area contributed by atoms with Gasteiger partial charge in [-0.25, -0.2) is 23.7 Å². The van der Waals surface area contributed by atoms with Gasteiger partial charge in [-0.2, -0.15) is 0 Å². The Labute approximate surface area is 177 Å². The summed E-state index contributed by atoms with van der Waals surface area (Å²) in [6.45, 7) is 4.01. The largest absolute Gasteiger partial charge is 0.462 e. The summed E-state index contributed by atoms with van der Waals surface area (Å²) in [5.41, 5.74) is 0.451. The molecule has 162 valence electrons. The number of benzene rings is 1. The SMILES string of the molecule is CCOC(=O)c1ccccc1NC(=O)Cn1nc2c(N3CCOCC3)nccn2c1=O. The number of rotatable bonds is 6. The van der Waals surface area contributed by atoms with Crippen LogP contribution in [-0.2, 0) is 20.8 Å². The molecular formula is C20H22N6O5. The molecule has 3 aromatic rings. The molecule has 31 heavy (non-hydrogen) atoms. The van der Waals surface area contributed by atoms with Crippen molar-refractivity contribution in [3.63, 3.8) is 0 Å². The van der Waals surface area contributed by atoms with Gasteiger partial charge in [-0.1, -0.05) is 12.1 Å². The van der Waals surface area contributed by atoms with Crippen molar-refractivity contribution in [2.75, 3.05) is 43.1 Å². The molecule has 1 N–H and O–H groups in total. The molecule has 2 aromatic heterocycles. The van der Waals surface area contributed by atoms with Crippen LogP contribution in [0.4, 0.5) is 11.5 Å². The van der Waals surface area contributed by atoms with Crippen molar-refractivity contribution in [3.05, 3.63) is 52.7 Å². The Kier molecular flexibility index (Phi) is 5.94. The van der Waals surface area contributed by atoms with Gasteiger partial charge in [0.2, 0.25) is 11.6 Å². The molecule has 1 aliphatic rings. The summed E-state index contributed by atoms with van der Waals surface area (Å²) in [5, 5.41) is 6.98. The van der Waals surface area contributed by atoms with Gasteiger partial charge in [0.15, 0.2) is 5.82 Å². The molecule has 0 radical (unpaired) electrons. The second kappa shape index (κ2) is 8.96. The number of ether oxygens (including phenoxy) is 2. The fourth-order valence-electron chi connectivity index (χ4n) is 3.34. The van der Waals surface area contributed by atoms with Crippen LogP contribution in [0.2, 0.25) is 0 Å². The molecule has 1 amide bonds. The minimum atomic E-state index is -0.537. The molecule has 1 saturated heterocycles. The molecule has 3 heterocycles. The van der Waals surface area contributed by atoms with Crippen molar-refractivity contribution in [2.24, 2.45) is 0 Å². The van der Waals surface area contributed by atoms with Gasteiger partial charge in [0.1, 0.15) is 6.54 Å². The molecule has 1 fully saturated rings. The van der Waals surface area contributed by atoms with E-state index >= 15 is 0 Å². The Balaban J connectivity index is 1.57. The maximum absolute atomic E-state index is 12.8. The molecule has 0 unspecified atom stereocenters. The molecule has 0 aliphatic carbocycles. The average molecular weight is 426 g/mol. The van der Waals surface area contributed by atoms with Crippen molar-refractivity contribution < 1.29 is 19.1 Å². The van der Waals surface area contributed by atoms with Gasteiger partial charge >= 0.3 is 11.7 Å². The summed E-state index contributed by atoms with van der Waals surface area (Å²) >= 11 is 0. The first kappa shape index (κ1) is 20.5. The van der Waals surface area contributed by atoms with Gasteiger partial charge in [0, 0.05) is 25.5 Å². The van der Waals surface area contributed by atoms with Crippen molar-refractivity contribution >= 4 is 29.0 Å². The number of fused-ring (bicyclic) bond motifs is 1. The van der Waals surface area contributed by atoms with Gasteiger partial charge in [-0.15, -0.1) is 5.10 Å². The quantitative estimate of drug-likeness (QED) is 0.567. The third-order valence-electron chi connectivity index (χ3n) is 4.78. The summed E-state index contributed by atoms with van der Waals surface area (Å²) < 4.78 is 12.8. The zero-order valence-corrected chi connectivity index (χ0v) is 17.0. The van der Waals surface area contributed by atoms with E-state index in [4.69, 9.17) is 9.47 Å². The molecule has 0 atom stereocenters. The first-order valence-electron chi connectivity index (χ1n) is 9.91. The molecule has 0 saturated carbocycles. The van der Waals surface area contributed by atoms with Crippen molar-refractivity contribution in [3.8, 4) is 0 Å². The third kappa shape index (κ3) is 4.26. The van der Waals surface area contributed by atoms with Crippen LogP contribution in [0.25, 0.3) is 5.65 Å². The van der Waals surface area contributed by atoms with Crippen molar-refractivity contribution in [1.82, 2.24) is 19.2 Å². The van der Waals surface area contributed by atoms with Gasteiger partial charge in [-0.3, -0.25) is 4.79 Å². The maximum Gasteiger partial charge on any atom is 0.350 e. The first-order valence-corrected chi connectivity index (χ1v) is 9.91. The molecule has 1 aliphatic heterocycles. The number of morpholine rings is 1.